The van der Waals surface area contributed by atoms with E-state index in [1.807, 2.05) is 0 Å². The Bertz CT molecular complexity index is 493. The zero-order valence-electron chi connectivity index (χ0n) is 9.31. The predicted octanol–water partition coefficient (Wildman–Crippen LogP) is 0.984. The monoisotopic (exact) mass is 260 g/mol. The first-order chi connectivity index (χ1) is 8.36. The molecule has 0 saturated heterocycles. The molecule has 1 atom stereocenters. The normalized spacial score (nSPS) is 12.0. The van der Waals surface area contributed by atoms with Crippen LogP contribution in [0.3, 0.4) is 0 Å². The van der Waals surface area contributed by atoms with Crippen molar-refractivity contribution < 1.29 is 23.6 Å². The number of carbonyl (C=O) groups excluding carboxylic acids is 1. The number of nitro groups is 1. The highest BCUT2D eigenvalue weighted by molar-refractivity contribution is 5.95. The lowest BCUT2D eigenvalue weighted by Crippen LogP contribution is -2.35. The van der Waals surface area contributed by atoms with E-state index in [9.17, 15) is 23.7 Å². The van der Waals surface area contributed by atoms with Crippen molar-refractivity contribution in [2.75, 3.05) is 6.61 Å². The summed E-state index contributed by atoms with van der Waals surface area (Å²) in [6.45, 7) is 1.04. The molecule has 0 aliphatic heterocycles. The van der Waals surface area contributed by atoms with Crippen LogP contribution in [0.1, 0.15) is 17.3 Å². The Morgan fingerprint density at radius 2 is 2.17 bits per heavy atom. The van der Waals surface area contributed by atoms with Crippen LogP contribution in [0.4, 0.5) is 14.5 Å². The van der Waals surface area contributed by atoms with E-state index in [1.165, 1.54) is 6.92 Å². The van der Waals surface area contributed by atoms with Crippen LogP contribution >= 0.6 is 0 Å². The maximum Gasteiger partial charge on any atom is 0.308 e. The molecular weight excluding hydrogens is 250 g/mol. The van der Waals surface area contributed by atoms with Crippen molar-refractivity contribution >= 4 is 11.6 Å². The average molecular weight is 260 g/mol. The molecule has 0 bridgehead atoms. The molecule has 0 spiro atoms. The molecule has 0 aliphatic carbocycles. The highest BCUT2D eigenvalue weighted by Gasteiger charge is 2.24. The number of hydrogen-bond acceptors (Lipinski definition) is 4. The van der Waals surface area contributed by atoms with Gasteiger partial charge in [0.2, 0.25) is 5.82 Å². The second kappa shape index (κ2) is 5.50. The number of nitrogens with one attached hydrogen (secondary N) is 1. The van der Waals surface area contributed by atoms with Crippen molar-refractivity contribution in [3.63, 3.8) is 0 Å². The summed E-state index contributed by atoms with van der Waals surface area (Å²) in [4.78, 5) is 20.8. The first-order valence-corrected chi connectivity index (χ1v) is 4.92. The topological polar surface area (TPSA) is 92.5 Å². The summed E-state index contributed by atoms with van der Waals surface area (Å²) in [5.41, 5.74) is -1.89. The van der Waals surface area contributed by atoms with E-state index in [4.69, 9.17) is 5.11 Å². The maximum atomic E-state index is 13.6. The van der Waals surface area contributed by atoms with Gasteiger partial charge in [0.05, 0.1) is 23.2 Å². The van der Waals surface area contributed by atoms with Gasteiger partial charge in [0, 0.05) is 6.04 Å². The minimum absolute atomic E-state index is 0.390. The Kier molecular flexibility index (Phi) is 4.27. The molecule has 0 aromatic heterocycles. The van der Waals surface area contributed by atoms with Crippen LogP contribution in [-0.4, -0.2) is 28.6 Å². The number of amides is 1. The fourth-order valence-electron chi connectivity index (χ4n) is 1.22. The molecular formula is C10H10F2N2O4. The van der Waals surface area contributed by atoms with E-state index in [0.29, 0.717) is 12.1 Å². The SMILES string of the molecule is C[C@H](CO)NC(=O)c1cc(F)cc([N+](=O)[O-])c1F. The van der Waals surface area contributed by atoms with Crippen LogP contribution < -0.4 is 5.32 Å². The molecule has 1 aromatic carbocycles. The summed E-state index contributed by atoms with van der Waals surface area (Å²) >= 11 is 0. The minimum Gasteiger partial charge on any atom is -0.394 e. The molecule has 1 aromatic rings. The summed E-state index contributed by atoms with van der Waals surface area (Å²) in [5.74, 6) is -3.54. The summed E-state index contributed by atoms with van der Waals surface area (Å²) in [5, 5.41) is 21.3. The Morgan fingerprint density at radius 3 is 2.67 bits per heavy atom. The quantitative estimate of drug-likeness (QED) is 0.623. The van der Waals surface area contributed by atoms with Gasteiger partial charge in [-0.05, 0) is 13.0 Å². The van der Waals surface area contributed by atoms with Gasteiger partial charge < -0.3 is 10.4 Å². The van der Waals surface area contributed by atoms with Gasteiger partial charge in [-0.25, -0.2) is 4.39 Å². The molecule has 8 heteroatoms. The molecule has 0 saturated carbocycles. The number of hydrogen-bond donors (Lipinski definition) is 2. The van der Waals surface area contributed by atoms with Gasteiger partial charge in [0.1, 0.15) is 5.82 Å². The third kappa shape index (κ3) is 2.98. The number of halogens is 2. The summed E-state index contributed by atoms with van der Waals surface area (Å²) in [6.07, 6.45) is 0. The number of nitro benzene ring substituents is 1. The number of aliphatic hydroxyl groups is 1. The Labute approximate surface area is 100 Å². The van der Waals surface area contributed by atoms with Crippen molar-refractivity contribution in [3.8, 4) is 0 Å². The maximum absolute atomic E-state index is 13.6. The Morgan fingerprint density at radius 1 is 1.56 bits per heavy atom. The van der Waals surface area contributed by atoms with Crippen molar-refractivity contribution in [2.45, 2.75) is 13.0 Å². The molecule has 98 valence electrons. The first kappa shape index (κ1) is 14.0. The molecule has 18 heavy (non-hydrogen) atoms. The third-order valence-electron chi connectivity index (χ3n) is 2.11. The predicted molar refractivity (Wildman–Crippen MR) is 57.0 cm³/mol. The second-order valence-electron chi connectivity index (χ2n) is 3.60. The van der Waals surface area contributed by atoms with Gasteiger partial charge in [0.25, 0.3) is 5.91 Å². The lowest BCUT2D eigenvalue weighted by Gasteiger charge is -2.11. The van der Waals surface area contributed by atoms with Crippen molar-refractivity contribution in [1.29, 1.82) is 0 Å². The highest BCUT2D eigenvalue weighted by Crippen LogP contribution is 2.22. The van der Waals surface area contributed by atoms with Gasteiger partial charge in [-0.15, -0.1) is 0 Å². The van der Waals surface area contributed by atoms with Crippen LogP contribution in [0.5, 0.6) is 0 Å². The van der Waals surface area contributed by atoms with Crippen molar-refractivity contribution in [3.05, 3.63) is 39.4 Å². The van der Waals surface area contributed by atoms with Crippen molar-refractivity contribution in [2.24, 2.45) is 0 Å². The average Bonchev–Trinajstić information content (AvgIpc) is 2.30. The van der Waals surface area contributed by atoms with Crippen LogP contribution in [-0.2, 0) is 0 Å². The fourth-order valence-corrected chi connectivity index (χ4v) is 1.22. The zero-order chi connectivity index (χ0) is 13.9. The lowest BCUT2D eigenvalue weighted by molar-refractivity contribution is -0.387. The molecule has 0 unspecified atom stereocenters. The number of carbonyl (C=O) groups is 1. The van der Waals surface area contributed by atoms with Gasteiger partial charge in [-0.2, -0.15) is 4.39 Å². The lowest BCUT2D eigenvalue weighted by atomic mass is 10.1. The summed E-state index contributed by atoms with van der Waals surface area (Å²) in [7, 11) is 0. The molecule has 0 fully saturated rings. The second-order valence-corrected chi connectivity index (χ2v) is 3.60. The molecule has 2 N–H and O–H groups in total. The van der Waals surface area contributed by atoms with E-state index in [0.717, 1.165) is 0 Å². The van der Waals surface area contributed by atoms with Crippen LogP contribution in [0.15, 0.2) is 12.1 Å². The summed E-state index contributed by atoms with van der Waals surface area (Å²) < 4.78 is 26.6. The number of benzene rings is 1. The van der Waals surface area contributed by atoms with Crippen molar-refractivity contribution in [1.82, 2.24) is 5.32 Å². The zero-order valence-corrected chi connectivity index (χ0v) is 9.31. The van der Waals surface area contributed by atoms with E-state index in [2.05, 4.69) is 5.32 Å². The van der Waals surface area contributed by atoms with E-state index < -0.39 is 46.4 Å². The summed E-state index contributed by atoms with van der Waals surface area (Å²) in [6, 6.07) is 0.266. The molecule has 1 amide bonds. The van der Waals surface area contributed by atoms with Crippen LogP contribution in [0, 0.1) is 21.7 Å². The standard InChI is InChI=1S/C10H10F2N2O4/c1-5(4-15)13-10(16)7-2-6(11)3-8(9(7)12)14(17)18/h2-3,5,15H,4H2,1H3,(H,13,16)/t5-/m1/s1. The van der Waals surface area contributed by atoms with E-state index in [1.54, 1.807) is 0 Å². The molecule has 1 rings (SSSR count). The molecule has 0 radical (unpaired) electrons. The van der Waals surface area contributed by atoms with E-state index in [-0.39, 0.29) is 0 Å². The third-order valence-corrected chi connectivity index (χ3v) is 2.11. The van der Waals surface area contributed by atoms with Gasteiger partial charge >= 0.3 is 5.69 Å². The Hall–Kier alpha value is -2.09. The number of aliphatic hydroxyl groups excluding tert-OH is 1. The molecule has 0 aliphatic rings. The van der Waals surface area contributed by atoms with Gasteiger partial charge in [-0.1, -0.05) is 0 Å². The van der Waals surface area contributed by atoms with Gasteiger partial charge in [0.15, 0.2) is 0 Å². The van der Waals surface area contributed by atoms with E-state index >= 15 is 0 Å². The highest BCUT2D eigenvalue weighted by atomic mass is 19.1. The Balaban J connectivity index is 3.16. The smallest absolute Gasteiger partial charge is 0.308 e. The fraction of sp³-hybridized carbons (Fsp3) is 0.300. The largest absolute Gasteiger partial charge is 0.394 e. The number of rotatable bonds is 4. The number of nitrogens with zero attached hydrogens (tertiary/aromatic N) is 1. The first-order valence-electron chi connectivity index (χ1n) is 4.92. The van der Waals surface area contributed by atoms with Gasteiger partial charge in [-0.3, -0.25) is 14.9 Å². The van der Waals surface area contributed by atoms with Crippen LogP contribution in [0.25, 0.3) is 0 Å². The molecule has 6 nitrogen and oxygen atoms in total. The van der Waals surface area contributed by atoms with Crippen LogP contribution in [0.2, 0.25) is 0 Å². The molecule has 0 heterocycles. The minimum atomic E-state index is -1.41.